The Labute approximate surface area is 147 Å². The van der Waals surface area contributed by atoms with Crippen molar-refractivity contribution >= 4 is 46.5 Å². The van der Waals surface area contributed by atoms with E-state index >= 15 is 0 Å². The molecule has 0 saturated carbocycles. The number of anilines is 1. The lowest BCUT2D eigenvalue weighted by Crippen LogP contribution is -2.28. The Balaban J connectivity index is 2.23. The van der Waals surface area contributed by atoms with Crippen molar-refractivity contribution in [2.24, 2.45) is 4.99 Å². The van der Waals surface area contributed by atoms with E-state index < -0.39 is 24.3 Å². The van der Waals surface area contributed by atoms with E-state index in [1.165, 1.54) is 0 Å². The molecule has 1 unspecified atom stereocenters. The Bertz CT molecular complexity index is 865. The first-order valence-electron chi connectivity index (χ1n) is 7.11. The number of benzodiazepines with no additional fused rings is 1. The molecule has 2 N–H and O–H groups in total. The van der Waals surface area contributed by atoms with Crippen molar-refractivity contribution in [1.82, 2.24) is 0 Å². The molecule has 1 heterocycles. The van der Waals surface area contributed by atoms with Crippen molar-refractivity contribution in [3.8, 4) is 0 Å². The first kappa shape index (κ1) is 16.5. The third-order valence-electron chi connectivity index (χ3n) is 3.58. The number of hydrogen-bond donors (Lipinski definition) is 2. The van der Waals surface area contributed by atoms with Gasteiger partial charge in [0, 0.05) is 21.2 Å². The third kappa shape index (κ3) is 3.27. The molecule has 24 heavy (non-hydrogen) atoms. The van der Waals surface area contributed by atoms with Gasteiger partial charge in [0.25, 0.3) is 0 Å². The highest BCUT2D eigenvalue weighted by Gasteiger charge is 2.28. The fourth-order valence-electron chi connectivity index (χ4n) is 2.49. The van der Waals surface area contributed by atoms with Crippen molar-refractivity contribution in [1.29, 1.82) is 0 Å². The zero-order chi connectivity index (χ0) is 17.3. The Morgan fingerprint density at radius 3 is 2.62 bits per heavy atom. The molecule has 1 aliphatic heterocycles. The second-order valence-electron chi connectivity index (χ2n) is 5.25. The molecule has 0 spiro atoms. The largest absolute Gasteiger partial charge is 0.481 e. The van der Waals surface area contributed by atoms with Gasteiger partial charge in [0.2, 0.25) is 5.91 Å². The second-order valence-corrected chi connectivity index (χ2v) is 6.09. The van der Waals surface area contributed by atoms with Crippen molar-refractivity contribution in [2.45, 2.75) is 12.5 Å². The van der Waals surface area contributed by atoms with Crippen LogP contribution in [0.2, 0.25) is 10.0 Å². The second kappa shape index (κ2) is 6.63. The Morgan fingerprint density at radius 2 is 1.92 bits per heavy atom. The Kier molecular flexibility index (Phi) is 4.55. The minimum absolute atomic E-state index is 0.415. The molecular weight excluding hydrogens is 351 g/mol. The van der Waals surface area contributed by atoms with Crippen LogP contribution in [0.1, 0.15) is 17.5 Å². The quantitative estimate of drug-likeness (QED) is 0.874. The fourth-order valence-corrected chi connectivity index (χ4v) is 2.89. The summed E-state index contributed by atoms with van der Waals surface area (Å²) in [6, 6.07) is 11.0. The molecule has 0 radical (unpaired) electrons. The zero-order valence-electron chi connectivity index (χ0n) is 12.3. The predicted molar refractivity (Wildman–Crippen MR) is 93.2 cm³/mol. The van der Waals surface area contributed by atoms with E-state index in [0.29, 0.717) is 32.6 Å². The van der Waals surface area contributed by atoms with Gasteiger partial charge in [-0.1, -0.05) is 41.4 Å². The number of hydrogen-bond acceptors (Lipinski definition) is 3. The summed E-state index contributed by atoms with van der Waals surface area (Å²) in [5.74, 6) is -1.59. The highest BCUT2D eigenvalue weighted by Crippen LogP contribution is 2.30. The molecule has 0 aliphatic carbocycles. The summed E-state index contributed by atoms with van der Waals surface area (Å²) < 4.78 is 0. The maximum Gasteiger partial charge on any atom is 0.306 e. The van der Waals surface area contributed by atoms with Gasteiger partial charge in [0.05, 0.1) is 17.8 Å². The smallest absolute Gasteiger partial charge is 0.306 e. The minimum Gasteiger partial charge on any atom is -0.481 e. The van der Waals surface area contributed by atoms with E-state index in [4.69, 9.17) is 28.3 Å². The summed E-state index contributed by atoms with van der Waals surface area (Å²) in [5.41, 5.74) is 2.14. The van der Waals surface area contributed by atoms with Gasteiger partial charge in [0.15, 0.2) is 0 Å². The number of rotatable bonds is 3. The van der Waals surface area contributed by atoms with Gasteiger partial charge < -0.3 is 10.4 Å². The van der Waals surface area contributed by atoms with Gasteiger partial charge in [-0.15, -0.1) is 0 Å². The van der Waals surface area contributed by atoms with Crippen LogP contribution in [0.4, 0.5) is 5.69 Å². The fraction of sp³-hybridized carbons (Fsp3) is 0.118. The average Bonchev–Trinajstić information content (AvgIpc) is 2.65. The molecule has 1 aliphatic rings. The minimum atomic E-state index is -1.11. The number of aliphatic imine (C=N–C) groups is 1. The van der Waals surface area contributed by atoms with E-state index in [9.17, 15) is 9.59 Å². The van der Waals surface area contributed by atoms with Crippen molar-refractivity contribution in [3.63, 3.8) is 0 Å². The van der Waals surface area contributed by atoms with E-state index in [1.54, 1.807) is 42.5 Å². The number of carbonyl (C=O) groups excluding carboxylic acids is 1. The van der Waals surface area contributed by atoms with Crippen molar-refractivity contribution < 1.29 is 14.7 Å². The summed E-state index contributed by atoms with van der Waals surface area (Å²) >= 11 is 12.4. The van der Waals surface area contributed by atoms with Crippen LogP contribution in [0.25, 0.3) is 0 Å². The standard InChI is InChI=1S/C17H12Cl2N2O3/c18-9-5-6-13-11(7-9)16(10-3-1-2-4-12(10)19)20-14(8-15(22)23)17(24)21-13/h1-7,14H,8H2,(H,21,24)(H,22,23). The number of benzene rings is 2. The maximum atomic E-state index is 12.3. The lowest BCUT2D eigenvalue weighted by atomic mass is 10.0. The molecule has 0 saturated heterocycles. The van der Waals surface area contributed by atoms with Crippen LogP contribution in [-0.2, 0) is 9.59 Å². The van der Waals surface area contributed by atoms with E-state index in [-0.39, 0.29) is 0 Å². The number of carbonyl (C=O) groups is 2. The maximum absolute atomic E-state index is 12.3. The number of carboxylic acids is 1. The van der Waals surface area contributed by atoms with Gasteiger partial charge in [-0.2, -0.15) is 0 Å². The molecule has 0 aromatic heterocycles. The SMILES string of the molecule is O=C(O)CC1N=C(c2ccccc2Cl)c2cc(Cl)ccc2NC1=O. The first-order chi connectivity index (χ1) is 11.5. The summed E-state index contributed by atoms with van der Waals surface area (Å²) in [4.78, 5) is 27.8. The first-order valence-corrected chi connectivity index (χ1v) is 7.86. The van der Waals surface area contributed by atoms with Crippen LogP contribution in [-0.4, -0.2) is 28.7 Å². The number of fused-ring (bicyclic) bond motifs is 1. The molecule has 7 heteroatoms. The number of halogens is 2. The summed E-state index contributed by atoms with van der Waals surface area (Å²) in [7, 11) is 0. The predicted octanol–water partition coefficient (Wildman–Crippen LogP) is 3.63. The summed E-state index contributed by atoms with van der Waals surface area (Å²) in [6.45, 7) is 0. The molecule has 122 valence electrons. The normalized spacial score (nSPS) is 16.7. The molecule has 3 rings (SSSR count). The third-order valence-corrected chi connectivity index (χ3v) is 4.14. The van der Waals surface area contributed by atoms with Crippen LogP contribution in [0.15, 0.2) is 47.5 Å². The molecule has 0 bridgehead atoms. The van der Waals surface area contributed by atoms with Gasteiger partial charge >= 0.3 is 5.97 Å². The van der Waals surface area contributed by atoms with E-state index in [2.05, 4.69) is 10.3 Å². The van der Waals surface area contributed by atoms with Crippen LogP contribution < -0.4 is 5.32 Å². The van der Waals surface area contributed by atoms with Crippen molar-refractivity contribution in [2.75, 3.05) is 5.32 Å². The summed E-state index contributed by atoms with van der Waals surface area (Å²) in [6.07, 6.45) is -0.415. The van der Waals surface area contributed by atoms with E-state index in [1.807, 2.05) is 0 Å². The molecule has 2 aromatic carbocycles. The van der Waals surface area contributed by atoms with Crippen LogP contribution in [0.5, 0.6) is 0 Å². The number of carboxylic acid groups (broad SMARTS) is 1. The molecule has 2 aromatic rings. The number of nitrogens with zero attached hydrogens (tertiary/aromatic N) is 1. The average molecular weight is 363 g/mol. The molecule has 1 atom stereocenters. The van der Waals surface area contributed by atoms with Gasteiger partial charge in [-0.25, -0.2) is 0 Å². The van der Waals surface area contributed by atoms with Crippen LogP contribution >= 0.6 is 23.2 Å². The number of nitrogens with one attached hydrogen (secondary N) is 1. The van der Waals surface area contributed by atoms with Crippen molar-refractivity contribution in [3.05, 3.63) is 63.6 Å². The highest BCUT2D eigenvalue weighted by atomic mass is 35.5. The van der Waals surface area contributed by atoms with Gasteiger partial charge in [-0.05, 0) is 24.3 Å². The van der Waals surface area contributed by atoms with E-state index in [0.717, 1.165) is 0 Å². The molecular formula is C17H12Cl2N2O3. The monoisotopic (exact) mass is 362 g/mol. The zero-order valence-corrected chi connectivity index (χ0v) is 13.8. The van der Waals surface area contributed by atoms with Crippen LogP contribution in [0.3, 0.4) is 0 Å². The van der Waals surface area contributed by atoms with Gasteiger partial charge in [-0.3, -0.25) is 14.6 Å². The molecule has 0 fully saturated rings. The van der Waals surface area contributed by atoms with Gasteiger partial charge in [0.1, 0.15) is 6.04 Å². The Morgan fingerprint density at radius 1 is 1.17 bits per heavy atom. The molecule has 5 nitrogen and oxygen atoms in total. The lowest BCUT2D eigenvalue weighted by molar-refractivity contribution is -0.138. The Hall–Kier alpha value is -2.37. The number of aliphatic carboxylic acids is 1. The highest BCUT2D eigenvalue weighted by molar-refractivity contribution is 6.37. The van der Waals surface area contributed by atoms with Crippen LogP contribution in [0, 0.1) is 0 Å². The number of amides is 1. The topological polar surface area (TPSA) is 78.8 Å². The lowest BCUT2D eigenvalue weighted by Gasteiger charge is -2.11. The molecule has 1 amide bonds. The summed E-state index contributed by atoms with van der Waals surface area (Å²) in [5, 5.41) is 12.7.